The average Bonchev–Trinajstić information content (AvgIpc) is 2.90. The van der Waals surface area contributed by atoms with E-state index >= 15 is 0 Å². The van der Waals surface area contributed by atoms with Gasteiger partial charge < -0.3 is 15.5 Å². The maximum absolute atomic E-state index is 6.50. The lowest BCUT2D eigenvalue weighted by molar-refractivity contribution is 0.309. The number of rotatable bonds is 3. The fourth-order valence-corrected chi connectivity index (χ4v) is 3.28. The molecule has 102 valence electrons. The molecule has 1 unspecified atom stereocenters. The first-order valence-electron chi connectivity index (χ1n) is 7.20. The SMILES string of the molecule is COc1ccc2c(C(N)C3CCCCC3)c[nH]c2c1. The summed E-state index contributed by atoms with van der Waals surface area (Å²) in [6.45, 7) is 0. The van der Waals surface area contributed by atoms with Gasteiger partial charge in [0, 0.05) is 29.2 Å². The van der Waals surface area contributed by atoms with Crippen molar-refractivity contribution in [3.8, 4) is 5.75 Å². The highest BCUT2D eigenvalue weighted by atomic mass is 16.5. The number of nitrogens with one attached hydrogen (secondary N) is 1. The van der Waals surface area contributed by atoms with Crippen molar-refractivity contribution < 1.29 is 4.74 Å². The Bertz CT molecular complexity index is 555. The molecule has 19 heavy (non-hydrogen) atoms. The Morgan fingerprint density at radius 1 is 1.26 bits per heavy atom. The van der Waals surface area contributed by atoms with Crippen LogP contribution in [-0.2, 0) is 0 Å². The van der Waals surface area contributed by atoms with Crippen LogP contribution in [0.15, 0.2) is 24.4 Å². The predicted molar refractivity (Wildman–Crippen MR) is 78.4 cm³/mol. The van der Waals surface area contributed by atoms with Crippen molar-refractivity contribution in [1.82, 2.24) is 4.98 Å². The summed E-state index contributed by atoms with van der Waals surface area (Å²) >= 11 is 0. The van der Waals surface area contributed by atoms with Crippen LogP contribution in [0.5, 0.6) is 5.75 Å². The van der Waals surface area contributed by atoms with Gasteiger partial charge in [0.1, 0.15) is 5.75 Å². The van der Waals surface area contributed by atoms with E-state index in [1.807, 2.05) is 12.1 Å². The van der Waals surface area contributed by atoms with Crippen molar-refractivity contribution in [1.29, 1.82) is 0 Å². The standard InChI is InChI=1S/C16H22N2O/c1-19-12-7-8-13-14(10-18-15(13)9-12)16(17)11-5-3-2-4-6-11/h7-11,16,18H,2-6,17H2,1H3. The zero-order valence-electron chi connectivity index (χ0n) is 11.5. The van der Waals surface area contributed by atoms with Gasteiger partial charge in [0.25, 0.3) is 0 Å². The third kappa shape index (κ3) is 2.35. The Balaban J connectivity index is 1.91. The summed E-state index contributed by atoms with van der Waals surface area (Å²) in [4.78, 5) is 3.32. The molecule has 2 aromatic rings. The molecule has 0 aliphatic heterocycles. The molecular weight excluding hydrogens is 236 g/mol. The molecule has 0 saturated heterocycles. The molecule has 0 spiro atoms. The Morgan fingerprint density at radius 3 is 2.79 bits per heavy atom. The molecule has 3 nitrogen and oxygen atoms in total. The highest BCUT2D eigenvalue weighted by molar-refractivity contribution is 5.85. The topological polar surface area (TPSA) is 51.0 Å². The molecule has 1 heterocycles. The van der Waals surface area contributed by atoms with Crippen molar-refractivity contribution in [2.24, 2.45) is 11.7 Å². The van der Waals surface area contributed by atoms with Crippen LogP contribution >= 0.6 is 0 Å². The minimum absolute atomic E-state index is 0.155. The van der Waals surface area contributed by atoms with Gasteiger partial charge in [-0.05, 0) is 36.5 Å². The molecule has 3 heteroatoms. The van der Waals surface area contributed by atoms with E-state index in [9.17, 15) is 0 Å². The van der Waals surface area contributed by atoms with E-state index in [1.54, 1.807) is 7.11 Å². The van der Waals surface area contributed by atoms with E-state index in [0.29, 0.717) is 5.92 Å². The first-order chi connectivity index (χ1) is 9.29. The van der Waals surface area contributed by atoms with Gasteiger partial charge in [-0.15, -0.1) is 0 Å². The van der Waals surface area contributed by atoms with Crippen LogP contribution in [-0.4, -0.2) is 12.1 Å². The Labute approximate surface area is 114 Å². The number of aromatic amines is 1. The monoisotopic (exact) mass is 258 g/mol. The van der Waals surface area contributed by atoms with Crippen LogP contribution in [0.25, 0.3) is 10.9 Å². The van der Waals surface area contributed by atoms with Crippen molar-refractivity contribution in [3.63, 3.8) is 0 Å². The zero-order valence-corrected chi connectivity index (χ0v) is 11.5. The maximum Gasteiger partial charge on any atom is 0.120 e. The van der Waals surface area contributed by atoms with Crippen LogP contribution in [0.2, 0.25) is 0 Å². The van der Waals surface area contributed by atoms with Gasteiger partial charge in [0.05, 0.1) is 7.11 Å². The second-order valence-electron chi connectivity index (χ2n) is 5.58. The number of fused-ring (bicyclic) bond motifs is 1. The van der Waals surface area contributed by atoms with Gasteiger partial charge in [-0.25, -0.2) is 0 Å². The lowest BCUT2D eigenvalue weighted by Crippen LogP contribution is -2.23. The summed E-state index contributed by atoms with van der Waals surface area (Å²) in [7, 11) is 1.69. The van der Waals surface area contributed by atoms with Gasteiger partial charge in [-0.3, -0.25) is 0 Å². The van der Waals surface area contributed by atoms with E-state index in [2.05, 4.69) is 17.2 Å². The van der Waals surface area contributed by atoms with Gasteiger partial charge in [-0.1, -0.05) is 19.3 Å². The van der Waals surface area contributed by atoms with Crippen LogP contribution < -0.4 is 10.5 Å². The van der Waals surface area contributed by atoms with Crippen molar-refractivity contribution in [2.75, 3.05) is 7.11 Å². The molecule has 1 aliphatic carbocycles. The van der Waals surface area contributed by atoms with Gasteiger partial charge in [0.2, 0.25) is 0 Å². The van der Waals surface area contributed by atoms with Gasteiger partial charge >= 0.3 is 0 Å². The quantitative estimate of drug-likeness (QED) is 0.880. The number of ether oxygens (including phenoxy) is 1. The average molecular weight is 258 g/mol. The Morgan fingerprint density at radius 2 is 2.05 bits per heavy atom. The van der Waals surface area contributed by atoms with Crippen LogP contribution in [0, 0.1) is 5.92 Å². The second-order valence-corrected chi connectivity index (χ2v) is 5.58. The summed E-state index contributed by atoms with van der Waals surface area (Å²) in [5.41, 5.74) is 8.87. The number of H-pyrrole nitrogens is 1. The molecular formula is C16H22N2O. The lowest BCUT2D eigenvalue weighted by Gasteiger charge is -2.27. The van der Waals surface area contributed by atoms with Crippen molar-refractivity contribution in [2.45, 2.75) is 38.1 Å². The molecule has 1 atom stereocenters. The number of hydrogen-bond acceptors (Lipinski definition) is 2. The number of nitrogens with two attached hydrogens (primary N) is 1. The van der Waals surface area contributed by atoms with E-state index in [4.69, 9.17) is 10.5 Å². The normalized spacial score (nSPS) is 18.6. The van der Waals surface area contributed by atoms with Crippen LogP contribution in [0.3, 0.4) is 0 Å². The minimum Gasteiger partial charge on any atom is -0.497 e. The third-order valence-electron chi connectivity index (χ3n) is 4.44. The number of methoxy groups -OCH3 is 1. The zero-order chi connectivity index (χ0) is 13.2. The summed E-state index contributed by atoms with van der Waals surface area (Å²) in [5.74, 6) is 1.52. The number of hydrogen-bond donors (Lipinski definition) is 2. The summed E-state index contributed by atoms with van der Waals surface area (Å²) in [5, 5.41) is 1.24. The van der Waals surface area contributed by atoms with E-state index in [0.717, 1.165) is 11.3 Å². The van der Waals surface area contributed by atoms with E-state index in [1.165, 1.54) is 43.1 Å². The highest BCUT2D eigenvalue weighted by Crippen LogP contribution is 2.36. The van der Waals surface area contributed by atoms with E-state index < -0.39 is 0 Å². The lowest BCUT2D eigenvalue weighted by atomic mass is 9.81. The molecule has 1 aromatic carbocycles. The highest BCUT2D eigenvalue weighted by Gasteiger charge is 2.23. The van der Waals surface area contributed by atoms with Crippen molar-refractivity contribution >= 4 is 10.9 Å². The molecule has 0 radical (unpaired) electrons. The third-order valence-corrected chi connectivity index (χ3v) is 4.44. The summed E-state index contributed by atoms with van der Waals surface area (Å²) in [6.07, 6.45) is 8.63. The molecule has 1 aliphatic rings. The molecule has 0 bridgehead atoms. The minimum atomic E-state index is 0.155. The predicted octanol–water partition coefficient (Wildman–Crippen LogP) is 3.76. The van der Waals surface area contributed by atoms with Crippen molar-refractivity contribution in [3.05, 3.63) is 30.0 Å². The van der Waals surface area contributed by atoms with E-state index in [-0.39, 0.29) is 6.04 Å². The van der Waals surface area contributed by atoms with Crippen LogP contribution in [0.1, 0.15) is 43.7 Å². The molecule has 1 fully saturated rings. The number of aromatic nitrogens is 1. The molecule has 1 saturated carbocycles. The molecule has 1 aromatic heterocycles. The molecule has 3 rings (SSSR count). The first-order valence-corrected chi connectivity index (χ1v) is 7.20. The fraction of sp³-hybridized carbons (Fsp3) is 0.500. The van der Waals surface area contributed by atoms with Gasteiger partial charge in [0.15, 0.2) is 0 Å². The molecule has 3 N–H and O–H groups in total. The summed E-state index contributed by atoms with van der Waals surface area (Å²) in [6, 6.07) is 6.31. The Hall–Kier alpha value is -1.48. The largest absolute Gasteiger partial charge is 0.497 e. The fourth-order valence-electron chi connectivity index (χ4n) is 3.28. The maximum atomic E-state index is 6.50. The summed E-state index contributed by atoms with van der Waals surface area (Å²) < 4.78 is 5.26. The van der Waals surface area contributed by atoms with Gasteiger partial charge in [-0.2, -0.15) is 0 Å². The first kappa shape index (κ1) is 12.5. The Kier molecular flexibility index (Phi) is 3.47. The second kappa shape index (κ2) is 5.25. The number of benzene rings is 1. The van der Waals surface area contributed by atoms with Crippen LogP contribution in [0.4, 0.5) is 0 Å². The smallest absolute Gasteiger partial charge is 0.120 e. The molecule has 0 amide bonds.